The zero-order chi connectivity index (χ0) is 27.5. The Morgan fingerprint density at radius 3 is 1.85 bits per heavy atom. The highest BCUT2D eigenvalue weighted by Gasteiger charge is 2.44. The van der Waals surface area contributed by atoms with E-state index in [-0.39, 0.29) is 5.78 Å². The maximum atomic E-state index is 13.3. The van der Waals surface area contributed by atoms with Crippen LogP contribution in [0.2, 0.25) is 0 Å². The Labute approximate surface area is 229 Å². The molecule has 1 saturated heterocycles. The third-order valence-corrected chi connectivity index (χ3v) is 6.94. The molecule has 1 aromatic heterocycles. The lowest BCUT2D eigenvalue weighted by atomic mass is 9.74. The third kappa shape index (κ3) is 5.33. The Kier molecular flexibility index (Phi) is 7.31. The number of imidazole rings is 1. The number of ketones is 1. The number of aromatic nitrogens is 2. The van der Waals surface area contributed by atoms with E-state index >= 15 is 0 Å². The van der Waals surface area contributed by atoms with Gasteiger partial charge in [-0.25, -0.2) is 14.3 Å². The zero-order valence-corrected chi connectivity index (χ0v) is 22.6. The number of carbonyl (C=O) groups is 2. The summed E-state index contributed by atoms with van der Waals surface area (Å²) >= 11 is 0. The van der Waals surface area contributed by atoms with E-state index in [2.05, 4.69) is 82.7 Å². The van der Waals surface area contributed by atoms with Gasteiger partial charge in [0.2, 0.25) is 0 Å². The van der Waals surface area contributed by atoms with E-state index in [9.17, 15) is 9.59 Å². The van der Waals surface area contributed by atoms with Crippen molar-refractivity contribution in [1.82, 2.24) is 14.5 Å². The second kappa shape index (κ2) is 10.8. The van der Waals surface area contributed by atoms with Gasteiger partial charge in [-0.05, 0) is 43.5 Å². The molecule has 1 fully saturated rings. The van der Waals surface area contributed by atoms with Crippen LogP contribution in [0.1, 0.15) is 49.7 Å². The Bertz CT molecular complexity index is 1370. The molecule has 3 aromatic carbocycles. The summed E-state index contributed by atoms with van der Waals surface area (Å²) in [5.41, 5.74) is 2.67. The second-order valence-corrected chi connectivity index (χ2v) is 10.7. The van der Waals surface area contributed by atoms with Crippen LogP contribution in [0, 0.1) is 0 Å². The van der Waals surface area contributed by atoms with Crippen molar-refractivity contribution in [2.75, 3.05) is 13.1 Å². The zero-order valence-electron chi connectivity index (χ0n) is 22.6. The minimum absolute atomic E-state index is 0.0491. The van der Waals surface area contributed by atoms with Crippen molar-refractivity contribution in [1.29, 1.82) is 0 Å². The number of Topliss-reactive ketones (excluding diaryl/α,β-unsaturated/α-hetero) is 1. The number of nitrogens with zero attached hydrogens (tertiary/aromatic N) is 3. The first-order valence-corrected chi connectivity index (χ1v) is 13.2. The molecule has 0 unspecified atom stereocenters. The van der Waals surface area contributed by atoms with Crippen LogP contribution in [0.15, 0.2) is 109 Å². The van der Waals surface area contributed by atoms with Crippen molar-refractivity contribution >= 4 is 18.0 Å². The summed E-state index contributed by atoms with van der Waals surface area (Å²) in [6.45, 7) is 6.42. The fourth-order valence-electron chi connectivity index (χ4n) is 5.31. The van der Waals surface area contributed by atoms with Crippen LogP contribution >= 0.6 is 0 Å². The van der Waals surface area contributed by atoms with Crippen molar-refractivity contribution < 1.29 is 14.3 Å². The fraction of sp³-hybridized carbons (Fsp3) is 0.242. The van der Waals surface area contributed by atoms with E-state index < -0.39 is 17.2 Å². The number of piperidine rings is 1. The smallest absolute Gasteiger partial charge is 0.420 e. The molecule has 5 rings (SSSR count). The van der Waals surface area contributed by atoms with Crippen molar-refractivity contribution in [2.24, 2.45) is 0 Å². The number of rotatable bonds is 5. The molecule has 0 atom stereocenters. The first kappa shape index (κ1) is 26.3. The van der Waals surface area contributed by atoms with Gasteiger partial charge in [-0.15, -0.1) is 0 Å². The van der Waals surface area contributed by atoms with Gasteiger partial charge in [0, 0.05) is 37.5 Å². The number of hydrogen-bond donors (Lipinski definition) is 0. The van der Waals surface area contributed by atoms with Crippen molar-refractivity contribution in [2.45, 2.75) is 38.3 Å². The third-order valence-electron chi connectivity index (χ3n) is 6.94. The van der Waals surface area contributed by atoms with Gasteiger partial charge in [0.1, 0.15) is 11.4 Å². The van der Waals surface area contributed by atoms with Crippen LogP contribution < -0.4 is 0 Å². The maximum absolute atomic E-state index is 13.3. The van der Waals surface area contributed by atoms with Gasteiger partial charge in [-0.1, -0.05) is 91.0 Å². The fourth-order valence-corrected chi connectivity index (χ4v) is 5.31. The first-order chi connectivity index (χ1) is 18.8. The van der Waals surface area contributed by atoms with Crippen LogP contribution in [0.3, 0.4) is 0 Å². The largest absolute Gasteiger partial charge is 0.443 e. The van der Waals surface area contributed by atoms with Crippen LogP contribution in [0.4, 0.5) is 4.79 Å². The average Bonchev–Trinajstić information content (AvgIpc) is 3.40. The lowest BCUT2D eigenvalue weighted by Crippen LogP contribution is -2.52. The maximum Gasteiger partial charge on any atom is 0.420 e. The minimum atomic E-state index is -0.649. The summed E-state index contributed by atoms with van der Waals surface area (Å²) < 4.78 is 6.90. The van der Waals surface area contributed by atoms with Crippen LogP contribution in [0.5, 0.6) is 0 Å². The molecule has 0 radical (unpaired) electrons. The molecule has 1 aliphatic heterocycles. The van der Waals surface area contributed by atoms with E-state index in [1.807, 2.05) is 39.0 Å². The first-order valence-electron chi connectivity index (χ1n) is 13.2. The molecular weight excluding hydrogens is 486 g/mol. The Morgan fingerprint density at radius 1 is 0.846 bits per heavy atom. The van der Waals surface area contributed by atoms with Crippen molar-refractivity contribution in [3.05, 3.63) is 131 Å². The SMILES string of the molecule is CC(C)(C)OC(=O)n1ccnc1/C=C1\CN(C(c2ccccc2)(c2ccccc2)c2ccccc2)CCC1=O. The summed E-state index contributed by atoms with van der Waals surface area (Å²) in [7, 11) is 0. The highest BCUT2D eigenvalue weighted by molar-refractivity contribution is 6.00. The molecule has 0 bridgehead atoms. The summed E-state index contributed by atoms with van der Waals surface area (Å²) in [5.74, 6) is 0.423. The molecule has 6 heteroatoms. The number of benzene rings is 3. The molecular formula is C33H33N3O3. The van der Waals surface area contributed by atoms with E-state index in [4.69, 9.17) is 4.74 Å². The quantitative estimate of drug-likeness (QED) is 0.228. The molecule has 4 aromatic rings. The normalized spacial score (nSPS) is 15.9. The van der Waals surface area contributed by atoms with Crippen molar-refractivity contribution in [3.63, 3.8) is 0 Å². The van der Waals surface area contributed by atoms with Gasteiger partial charge >= 0.3 is 6.09 Å². The average molecular weight is 520 g/mol. The monoisotopic (exact) mass is 519 g/mol. The number of ether oxygens (including phenoxy) is 1. The number of hydrogen-bond acceptors (Lipinski definition) is 5. The summed E-state index contributed by atoms with van der Waals surface area (Å²) in [5, 5.41) is 0. The lowest BCUT2D eigenvalue weighted by Gasteiger charge is -2.47. The standard InChI is InChI=1S/C33H33N3O3/c1-32(2,3)39-31(38)36-22-20-34-30(36)23-25-24-35(21-19-29(25)37)33(26-13-7-4-8-14-26,27-15-9-5-10-16-27)28-17-11-6-12-18-28/h4-18,20,22-23H,19,21,24H2,1-3H3/b25-23+. The Balaban J connectivity index is 1.63. The van der Waals surface area contributed by atoms with Crippen LogP contribution in [-0.2, 0) is 15.1 Å². The van der Waals surface area contributed by atoms with Gasteiger partial charge in [0.05, 0.1) is 5.54 Å². The second-order valence-electron chi connectivity index (χ2n) is 10.7. The molecule has 1 aliphatic rings. The predicted octanol–water partition coefficient (Wildman–Crippen LogP) is 6.32. The highest BCUT2D eigenvalue weighted by Crippen LogP contribution is 2.44. The van der Waals surface area contributed by atoms with Crippen LogP contribution in [-0.4, -0.2) is 45.0 Å². The summed E-state index contributed by atoms with van der Waals surface area (Å²) in [4.78, 5) is 32.8. The van der Waals surface area contributed by atoms with E-state index in [0.29, 0.717) is 30.9 Å². The van der Waals surface area contributed by atoms with Gasteiger partial charge in [-0.2, -0.15) is 0 Å². The Morgan fingerprint density at radius 2 is 1.36 bits per heavy atom. The number of likely N-dealkylation sites (tertiary alicyclic amines) is 1. The number of carbonyl (C=O) groups excluding carboxylic acids is 2. The minimum Gasteiger partial charge on any atom is -0.443 e. The predicted molar refractivity (Wildman–Crippen MR) is 152 cm³/mol. The van der Waals surface area contributed by atoms with Gasteiger partial charge in [0.25, 0.3) is 0 Å². The van der Waals surface area contributed by atoms with Gasteiger partial charge < -0.3 is 4.74 Å². The van der Waals surface area contributed by atoms with Crippen LogP contribution in [0.25, 0.3) is 6.08 Å². The molecule has 6 nitrogen and oxygen atoms in total. The molecule has 0 aliphatic carbocycles. The summed E-state index contributed by atoms with van der Waals surface area (Å²) in [6.07, 6.45) is 4.66. The molecule has 0 N–H and O–H groups in total. The molecule has 2 heterocycles. The molecule has 198 valence electrons. The molecule has 0 amide bonds. The summed E-state index contributed by atoms with van der Waals surface area (Å²) in [6, 6.07) is 31.3. The topological polar surface area (TPSA) is 64.4 Å². The van der Waals surface area contributed by atoms with E-state index in [1.54, 1.807) is 18.5 Å². The molecule has 0 spiro atoms. The van der Waals surface area contributed by atoms with E-state index in [1.165, 1.54) is 4.57 Å². The van der Waals surface area contributed by atoms with E-state index in [0.717, 1.165) is 16.7 Å². The Hall–Kier alpha value is -4.29. The molecule has 39 heavy (non-hydrogen) atoms. The van der Waals surface area contributed by atoms with Gasteiger partial charge in [0.15, 0.2) is 5.78 Å². The lowest BCUT2D eigenvalue weighted by molar-refractivity contribution is -0.117. The van der Waals surface area contributed by atoms with Crippen molar-refractivity contribution in [3.8, 4) is 0 Å². The van der Waals surface area contributed by atoms with Gasteiger partial charge in [-0.3, -0.25) is 9.69 Å². The highest BCUT2D eigenvalue weighted by atomic mass is 16.6. The molecule has 0 saturated carbocycles.